The van der Waals surface area contributed by atoms with Gasteiger partial charge in [-0.15, -0.1) is 0 Å². The second-order valence-corrected chi connectivity index (χ2v) is 4.12. The van der Waals surface area contributed by atoms with Gasteiger partial charge in [0.1, 0.15) is 0 Å². The van der Waals surface area contributed by atoms with Gasteiger partial charge < -0.3 is 9.64 Å². The lowest BCUT2D eigenvalue weighted by atomic mass is 9.91. The maximum absolute atomic E-state index is 11.6. The highest BCUT2D eigenvalue weighted by Crippen LogP contribution is 2.41. The molecule has 2 aliphatic rings. The van der Waals surface area contributed by atoms with Crippen LogP contribution in [0.3, 0.4) is 0 Å². The maximum Gasteiger partial charge on any atom is 0.410 e. The minimum absolute atomic E-state index is 0.0978. The van der Waals surface area contributed by atoms with Crippen LogP contribution in [0.1, 0.15) is 33.1 Å². The number of nitrogens with zero attached hydrogens (tertiary/aromatic N) is 1. The van der Waals surface area contributed by atoms with E-state index in [1.807, 2.05) is 11.8 Å². The van der Waals surface area contributed by atoms with Gasteiger partial charge in [-0.2, -0.15) is 0 Å². The molecule has 2 saturated heterocycles. The standard InChI is InChI=1S/C10H17NO2/c1-3-13-10(12)11-8-4-5-9(11)7(2)6-8/h7-9H,3-6H2,1-2H3. The van der Waals surface area contributed by atoms with Gasteiger partial charge in [-0.3, -0.25) is 0 Å². The molecule has 3 heteroatoms. The molecule has 13 heavy (non-hydrogen) atoms. The lowest BCUT2D eigenvalue weighted by Crippen LogP contribution is -2.36. The summed E-state index contributed by atoms with van der Waals surface area (Å²) in [5.41, 5.74) is 0. The average Bonchev–Trinajstić information content (AvgIpc) is 2.60. The van der Waals surface area contributed by atoms with Gasteiger partial charge in [0.05, 0.1) is 6.61 Å². The summed E-state index contributed by atoms with van der Waals surface area (Å²) in [6.07, 6.45) is 3.42. The molecule has 3 atom stereocenters. The van der Waals surface area contributed by atoms with Crippen LogP contribution in [0.4, 0.5) is 4.79 Å². The number of carbonyl (C=O) groups is 1. The molecule has 3 unspecified atom stereocenters. The molecule has 74 valence electrons. The number of ether oxygens (including phenoxy) is 1. The van der Waals surface area contributed by atoms with Crippen molar-refractivity contribution in [2.45, 2.75) is 45.2 Å². The molecule has 0 saturated carbocycles. The van der Waals surface area contributed by atoms with Crippen molar-refractivity contribution >= 4 is 6.09 Å². The van der Waals surface area contributed by atoms with Crippen LogP contribution in [-0.2, 0) is 4.74 Å². The molecular formula is C10H17NO2. The van der Waals surface area contributed by atoms with Crippen molar-refractivity contribution in [1.82, 2.24) is 4.90 Å². The normalized spacial score (nSPS) is 36.8. The highest BCUT2D eigenvalue weighted by Gasteiger charge is 2.47. The summed E-state index contributed by atoms with van der Waals surface area (Å²) in [5, 5.41) is 0. The Morgan fingerprint density at radius 3 is 2.77 bits per heavy atom. The van der Waals surface area contributed by atoms with E-state index < -0.39 is 0 Å². The third-order valence-corrected chi connectivity index (χ3v) is 3.33. The highest BCUT2D eigenvalue weighted by atomic mass is 16.6. The lowest BCUT2D eigenvalue weighted by molar-refractivity contribution is 0.0995. The van der Waals surface area contributed by atoms with E-state index in [9.17, 15) is 4.79 Å². The number of fused-ring (bicyclic) bond motifs is 2. The van der Waals surface area contributed by atoms with Gasteiger partial charge in [0.15, 0.2) is 0 Å². The molecule has 0 aromatic heterocycles. The second kappa shape index (κ2) is 3.20. The van der Waals surface area contributed by atoms with Crippen LogP contribution in [0.15, 0.2) is 0 Å². The third kappa shape index (κ3) is 1.30. The van der Waals surface area contributed by atoms with Crippen LogP contribution in [0.2, 0.25) is 0 Å². The zero-order chi connectivity index (χ0) is 9.42. The summed E-state index contributed by atoms with van der Waals surface area (Å²) < 4.78 is 5.04. The smallest absolute Gasteiger partial charge is 0.410 e. The zero-order valence-corrected chi connectivity index (χ0v) is 8.32. The first-order valence-electron chi connectivity index (χ1n) is 5.19. The number of hydrogen-bond donors (Lipinski definition) is 0. The first-order valence-corrected chi connectivity index (χ1v) is 5.19. The summed E-state index contributed by atoms with van der Waals surface area (Å²) in [6.45, 7) is 4.58. The maximum atomic E-state index is 11.6. The first-order chi connectivity index (χ1) is 6.24. The Bertz CT molecular complexity index is 217. The molecule has 0 N–H and O–H groups in total. The van der Waals surface area contributed by atoms with E-state index in [2.05, 4.69) is 6.92 Å². The van der Waals surface area contributed by atoms with E-state index in [4.69, 9.17) is 4.74 Å². The monoisotopic (exact) mass is 183 g/mol. The fraction of sp³-hybridized carbons (Fsp3) is 0.900. The summed E-state index contributed by atoms with van der Waals surface area (Å²) >= 11 is 0. The van der Waals surface area contributed by atoms with Crippen molar-refractivity contribution in [3.05, 3.63) is 0 Å². The summed E-state index contributed by atoms with van der Waals surface area (Å²) in [5.74, 6) is 0.670. The number of hydrogen-bond acceptors (Lipinski definition) is 2. The van der Waals surface area contributed by atoms with Crippen LogP contribution in [0.5, 0.6) is 0 Å². The van der Waals surface area contributed by atoms with E-state index in [-0.39, 0.29) is 6.09 Å². The van der Waals surface area contributed by atoms with Gasteiger partial charge in [-0.25, -0.2) is 4.79 Å². The van der Waals surface area contributed by atoms with Crippen molar-refractivity contribution in [3.8, 4) is 0 Å². The average molecular weight is 183 g/mol. The van der Waals surface area contributed by atoms with Crippen LogP contribution in [0, 0.1) is 5.92 Å². The Morgan fingerprint density at radius 2 is 2.31 bits per heavy atom. The van der Waals surface area contributed by atoms with Crippen molar-refractivity contribution in [3.63, 3.8) is 0 Å². The van der Waals surface area contributed by atoms with E-state index in [1.54, 1.807) is 0 Å². The van der Waals surface area contributed by atoms with Crippen LogP contribution in [-0.4, -0.2) is 29.7 Å². The molecule has 2 heterocycles. The molecule has 3 nitrogen and oxygen atoms in total. The number of amides is 1. The summed E-state index contributed by atoms with van der Waals surface area (Å²) in [4.78, 5) is 13.5. The molecule has 2 aliphatic heterocycles. The Labute approximate surface area is 79.0 Å². The second-order valence-electron chi connectivity index (χ2n) is 4.12. The van der Waals surface area contributed by atoms with E-state index in [0.717, 1.165) is 0 Å². The minimum Gasteiger partial charge on any atom is -0.450 e. The molecule has 0 spiro atoms. The van der Waals surface area contributed by atoms with Crippen molar-refractivity contribution in [2.24, 2.45) is 5.92 Å². The van der Waals surface area contributed by atoms with Gasteiger partial charge in [0, 0.05) is 12.1 Å². The predicted octanol–water partition coefficient (Wildman–Crippen LogP) is 2.02. The molecule has 1 amide bonds. The third-order valence-electron chi connectivity index (χ3n) is 3.33. The zero-order valence-electron chi connectivity index (χ0n) is 8.32. The number of carbonyl (C=O) groups excluding carboxylic acids is 1. The SMILES string of the molecule is CCOC(=O)N1C2CCC1C(C)C2. The fourth-order valence-corrected chi connectivity index (χ4v) is 2.77. The van der Waals surface area contributed by atoms with Gasteiger partial charge in [-0.05, 0) is 32.1 Å². The summed E-state index contributed by atoms with van der Waals surface area (Å²) in [7, 11) is 0. The van der Waals surface area contributed by atoms with Crippen LogP contribution in [0.25, 0.3) is 0 Å². The summed E-state index contributed by atoms with van der Waals surface area (Å²) in [6, 6.07) is 0.933. The topological polar surface area (TPSA) is 29.5 Å². The van der Waals surface area contributed by atoms with Gasteiger partial charge >= 0.3 is 6.09 Å². The van der Waals surface area contributed by atoms with Crippen molar-refractivity contribution in [2.75, 3.05) is 6.61 Å². The first kappa shape index (κ1) is 8.85. The Hall–Kier alpha value is -0.730. The Balaban J connectivity index is 2.04. The fourth-order valence-electron chi connectivity index (χ4n) is 2.77. The van der Waals surface area contributed by atoms with E-state index >= 15 is 0 Å². The van der Waals surface area contributed by atoms with E-state index in [1.165, 1.54) is 19.3 Å². The van der Waals surface area contributed by atoms with E-state index in [0.29, 0.717) is 24.6 Å². The van der Waals surface area contributed by atoms with Gasteiger partial charge in [-0.1, -0.05) is 6.92 Å². The minimum atomic E-state index is -0.0978. The quantitative estimate of drug-likeness (QED) is 0.622. The molecule has 0 aromatic carbocycles. The Morgan fingerprint density at radius 1 is 1.54 bits per heavy atom. The van der Waals surface area contributed by atoms with Gasteiger partial charge in [0.2, 0.25) is 0 Å². The molecule has 2 rings (SSSR count). The molecule has 0 aromatic rings. The number of rotatable bonds is 1. The molecule has 0 radical (unpaired) electrons. The van der Waals surface area contributed by atoms with Crippen molar-refractivity contribution < 1.29 is 9.53 Å². The molecule has 0 aliphatic carbocycles. The van der Waals surface area contributed by atoms with Gasteiger partial charge in [0.25, 0.3) is 0 Å². The highest BCUT2D eigenvalue weighted by molar-refractivity contribution is 5.69. The largest absolute Gasteiger partial charge is 0.450 e. The molecular weight excluding hydrogens is 166 g/mol. The lowest BCUT2D eigenvalue weighted by Gasteiger charge is -2.21. The van der Waals surface area contributed by atoms with Crippen LogP contribution >= 0.6 is 0 Å². The predicted molar refractivity (Wildman–Crippen MR) is 49.5 cm³/mol. The van der Waals surface area contributed by atoms with Crippen molar-refractivity contribution in [1.29, 1.82) is 0 Å². The van der Waals surface area contributed by atoms with Crippen LogP contribution < -0.4 is 0 Å². The Kier molecular flexibility index (Phi) is 2.18. The molecule has 2 bridgehead atoms. The molecule has 2 fully saturated rings.